The average Bonchev–Trinajstić information content (AvgIpc) is 2.19. The van der Waals surface area contributed by atoms with Gasteiger partial charge in [-0.3, -0.25) is 0 Å². The average molecular weight is 211 g/mol. The molecule has 0 heterocycles. The Labute approximate surface area is 91.9 Å². The van der Waals surface area contributed by atoms with Crippen LogP contribution in [0.4, 0.5) is 0 Å². The lowest BCUT2D eigenvalue weighted by atomic mass is 9.95. The second-order valence-corrected chi connectivity index (χ2v) is 4.06. The molecule has 1 N–H and O–H groups in total. The van der Waals surface area contributed by atoms with Crippen LogP contribution in [-0.4, -0.2) is 18.6 Å². The maximum absolute atomic E-state index is 11.2. The van der Waals surface area contributed by atoms with E-state index in [0.29, 0.717) is 12.6 Å². The van der Waals surface area contributed by atoms with Gasteiger partial charge < -0.3 is 10.1 Å². The summed E-state index contributed by atoms with van der Waals surface area (Å²) >= 11 is 0. The fourth-order valence-electron chi connectivity index (χ4n) is 1.97. The fourth-order valence-corrected chi connectivity index (χ4v) is 1.97. The minimum Gasteiger partial charge on any atom is -0.463 e. The maximum atomic E-state index is 11.2. The van der Waals surface area contributed by atoms with Crippen LogP contribution in [0.2, 0.25) is 0 Å². The van der Waals surface area contributed by atoms with Gasteiger partial charge in [0.1, 0.15) is 0 Å². The van der Waals surface area contributed by atoms with Gasteiger partial charge >= 0.3 is 5.97 Å². The molecule has 0 aromatic rings. The van der Waals surface area contributed by atoms with E-state index in [1.807, 2.05) is 13.8 Å². The number of ether oxygens (including phenoxy) is 1. The minimum absolute atomic E-state index is 0.252. The van der Waals surface area contributed by atoms with Gasteiger partial charge in [0.05, 0.1) is 6.61 Å². The molecule has 1 fully saturated rings. The predicted octanol–water partition coefficient (Wildman–Crippen LogP) is 2.38. The first kappa shape index (κ1) is 12.1. The molecule has 0 radical (unpaired) electrons. The Balaban J connectivity index is 2.32. The molecule has 3 nitrogen and oxygen atoms in total. The predicted molar refractivity (Wildman–Crippen MR) is 60.4 cm³/mol. The molecule has 0 aliphatic heterocycles. The molecule has 0 bridgehead atoms. The molecule has 1 rings (SSSR count). The van der Waals surface area contributed by atoms with Crippen LogP contribution in [0.5, 0.6) is 0 Å². The topological polar surface area (TPSA) is 38.3 Å². The van der Waals surface area contributed by atoms with E-state index in [-0.39, 0.29) is 5.97 Å². The third-order valence-electron chi connectivity index (χ3n) is 2.66. The Kier molecular flexibility index (Phi) is 5.22. The Hall–Kier alpha value is -0.990. The van der Waals surface area contributed by atoms with Crippen molar-refractivity contribution in [3.8, 4) is 0 Å². The highest BCUT2D eigenvalue weighted by molar-refractivity contribution is 5.82. The number of hydrogen-bond acceptors (Lipinski definition) is 3. The Bertz CT molecular complexity index is 230. The van der Waals surface area contributed by atoms with Crippen molar-refractivity contribution >= 4 is 5.97 Å². The van der Waals surface area contributed by atoms with Crippen molar-refractivity contribution in [1.29, 1.82) is 0 Å². The van der Waals surface area contributed by atoms with Crippen LogP contribution in [-0.2, 0) is 9.53 Å². The van der Waals surface area contributed by atoms with Crippen molar-refractivity contribution in [3.05, 3.63) is 11.8 Å². The van der Waals surface area contributed by atoms with E-state index in [1.54, 1.807) is 0 Å². The van der Waals surface area contributed by atoms with Gasteiger partial charge in [-0.1, -0.05) is 19.3 Å². The molecule has 0 unspecified atom stereocenters. The molecule has 1 aliphatic rings. The Morgan fingerprint density at radius 1 is 1.40 bits per heavy atom. The molecule has 0 amide bonds. The molecule has 1 saturated carbocycles. The van der Waals surface area contributed by atoms with Crippen LogP contribution in [0, 0.1) is 0 Å². The van der Waals surface area contributed by atoms with E-state index in [9.17, 15) is 4.79 Å². The van der Waals surface area contributed by atoms with E-state index in [1.165, 1.54) is 38.2 Å². The van der Waals surface area contributed by atoms with Gasteiger partial charge in [-0.05, 0) is 26.7 Å². The summed E-state index contributed by atoms with van der Waals surface area (Å²) in [6.45, 7) is 4.17. The van der Waals surface area contributed by atoms with E-state index in [4.69, 9.17) is 4.74 Å². The van der Waals surface area contributed by atoms with Crippen LogP contribution < -0.4 is 5.32 Å². The summed E-state index contributed by atoms with van der Waals surface area (Å²) in [7, 11) is 0. The zero-order valence-corrected chi connectivity index (χ0v) is 9.71. The molecule has 0 aromatic carbocycles. The monoisotopic (exact) mass is 211 g/mol. The number of hydrogen-bond donors (Lipinski definition) is 1. The van der Waals surface area contributed by atoms with E-state index in [0.717, 1.165) is 5.70 Å². The standard InChI is InChI=1S/C12H21NO2/c1-3-15-12(14)9-10(2)13-11-7-5-4-6-8-11/h9,11,13H,3-8H2,1-2H3/b10-9-. The van der Waals surface area contributed by atoms with Gasteiger partial charge in [0.15, 0.2) is 0 Å². The quantitative estimate of drug-likeness (QED) is 0.573. The number of rotatable bonds is 4. The van der Waals surface area contributed by atoms with Gasteiger partial charge in [0.2, 0.25) is 0 Å². The molecular formula is C12H21NO2. The minimum atomic E-state index is -0.252. The van der Waals surface area contributed by atoms with E-state index in [2.05, 4.69) is 5.32 Å². The number of carbonyl (C=O) groups excluding carboxylic acids is 1. The molecule has 15 heavy (non-hydrogen) atoms. The molecule has 86 valence electrons. The molecule has 0 spiro atoms. The SMILES string of the molecule is CCOC(=O)/C=C(/C)NC1CCCCC1. The smallest absolute Gasteiger partial charge is 0.332 e. The first-order valence-electron chi connectivity index (χ1n) is 5.84. The van der Waals surface area contributed by atoms with Gasteiger partial charge in [-0.2, -0.15) is 0 Å². The maximum Gasteiger partial charge on any atom is 0.332 e. The summed E-state index contributed by atoms with van der Waals surface area (Å²) in [6.07, 6.45) is 7.91. The van der Waals surface area contributed by atoms with Crippen molar-refractivity contribution in [1.82, 2.24) is 5.32 Å². The molecular weight excluding hydrogens is 190 g/mol. The van der Waals surface area contributed by atoms with Gasteiger partial charge in [-0.15, -0.1) is 0 Å². The lowest BCUT2D eigenvalue weighted by molar-refractivity contribution is -0.137. The van der Waals surface area contributed by atoms with Crippen LogP contribution in [0.1, 0.15) is 46.0 Å². The third-order valence-corrected chi connectivity index (χ3v) is 2.66. The van der Waals surface area contributed by atoms with Crippen molar-refractivity contribution in [2.45, 2.75) is 52.0 Å². The summed E-state index contributed by atoms with van der Waals surface area (Å²) in [5.74, 6) is -0.252. The van der Waals surface area contributed by atoms with Crippen LogP contribution in [0.15, 0.2) is 11.8 Å². The zero-order valence-electron chi connectivity index (χ0n) is 9.71. The number of allylic oxidation sites excluding steroid dienone is 1. The summed E-state index contributed by atoms with van der Waals surface area (Å²) in [5.41, 5.74) is 0.917. The summed E-state index contributed by atoms with van der Waals surface area (Å²) in [5, 5.41) is 3.37. The van der Waals surface area contributed by atoms with Gasteiger partial charge in [0.25, 0.3) is 0 Å². The molecule has 0 saturated heterocycles. The van der Waals surface area contributed by atoms with Crippen LogP contribution in [0.3, 0.4) is 0 Å². The van der Waals surface area contributed by atoms with E-state index >= 15 is 0 Å². The lowest BCUT2D eigenvalue weighted by Gasteiger charge is -2.23. The van der Waals surface area contributed by atoms with Crippen molar-refractivity contribution < 1.29 is 9.53 Å². The van der Waals surface area contributed by atoms with Crippen molar-refractivity contribution in [3.63, 3.8) is 0 Å². The first-order valence-corrected chi connectivity index (χ1v) is 5.84. The van der Waals surface area contributed by atoms with Gasteiger partial charge in [0, 0.05) is 17.8 Å². The number of nitrogens with one attached hydrogen (secondary N) is 1. The second-order valence-electron chi connectivity index (χ2n) is 4.06. The number of carbonyl (C=O) groups is 1. The Morgan fingerprint density at radius 2 is 2.07 bits per heavy atom. The third kappa shape index (κ3) is 4.86. The normalized spacial score (nSPS) is 18.7. The second kappa shape index (κ2) is 6.49. The van der Waals surface area contributed by atoms with Crippen molar-refractivity contribution in [2.24, 2.45) is 0 Å². The Morgan fingerprint density at radius 3 is 2.67 bits per heavy atom. The molecule has 3 heteroatoms. The zero-order chi connectivity index (χ0) is 11.1. The summed E-state index contributed by atoms with van der Waals surface area (Å²) < 4.78 is 4.85. The fraction of sp³-hybridized carbons (Fsp3) is 0.750. The van der Waals surface area contributed by atoms with E-state index < -0.39 is 0 Å². The molecule has 0 aromatic heterocycles. The molecule has 0 atom stereocenters. The van der Waals surface area contributed by atoms with Crippen molar-refractivity contribution in [2.75, 3.05) is 6.61 Å². The van der Waals surface area contributed by atoms with Crippen LogP contribution in [0.25, 0.3) is 0 Å². The molecule has 1 aliphatic carbocycles. The summed E-state index contributed by atoms with van der Waals surface area (Å²) in [4.78, 5) is 11.2. The number of esters is 1. The highest BCUT2D eigenvalue weighted by Crippen LogP contribution is 2.18. The summed E-state index contributed by atoms with van der Waals surface area (Å²) in [6, 6.07) is 0.546. The first-order chi connectivity index (χ1) is 7.22. The van der Waals surface area contributed by atoms with Crippen LogP contribution >= 0.6 is 0 Å². The lowest BCUT2D eigenvalue weighted by Crippen LogP contribution is -2.29. The largest absolute Gasteiger partial charge is 0.463 e. The van der Waals surface area contributed by atoms with Gasteiger partial charge in [-0.25, -0.2) is 4.79 Å². The highest BCUT2D eigenvalue weighted by Gasteiger charge is 2.12. The highest BCUT2D eigenvalue weighted by atomic mass is 16.5.